The zero-order valence-corrected chi connectivity index (χ0v) is 14.5. The van der Waals surface area contributed by atoms with E-state index < -0.39 is 0 Å². The zero-order chi connectivity index (χ0) is 17.1. The Hall–Kier alpha value is -2.13. The van der Waals surface area contributed by atoms with Crippen molar-refractivity contribution in [1.82, 2.24) is 15.1 Å². The largest absolute Gasteiger partial charge is 0.411 e. The lowest BCUT2D eigenvalue weighted by Crippen LogP contribution is -2.44. The lowest BCUT2D eigenvalue weighted by atomic mass is 10.1. The fourth-order valence-electron chi connectivity index (χ4n) is 2.63. The number of nitro groups is 1. The van der Waals surface area contributed by atoms with Crippen LogP contribution in [0, 0.1) is 10.1 Å². The van der Waals surface area contributed by atoms with Crippen LogP contribution in [0.1, 0.15) is 6.92 Å². The minimum absolute atomic E-state index is 0.0694. The Morgan fingerprint density at radius 3 is 2.71 bits per heavy atom. The van der Waals surface area contributed by atoms with Crippen LogP contribution in [0.4, 0.5) is 11.4 Å². The van der Waals surface area contributed by atoms with E-state index in [0.717, 1.165) is 31.9 Å². The zero-order valence-electron chi connectivity index (χ0n) is 13.6. The van der Waals surface area contributed by atoms with Gasteiger partial charge < -0.3 is 14.2 Å². The maximum Gasteiger partial charge on any atom is 0.293 e. The van der Waals surface area contributed by atoms with Crippen LogP contribution in [0.5, 0.6) is 0 Å². The van der Waals surface area contributed by atoms with Gasteiger partial charge in [-0.05, 0) is 24.9 Å². The molecule has 0 N–H and O–H groups in total. The summed E-state index contributed by atoms with van der Waals surface area (Å²) in [5, 5.41) is 19.9. The van der Waals surface area contributed by atoms with Crippen molar-refractivity contribution < 1.29 is 9.34 Å². The minimum Gasteiger partial charge on any atom is -0.411 e. The molecule has 0 bridgehead atoms. The average Bonchev–Trinajstić information content (AvgIpc) is 3.04. The van der Waals surface area contributed by atoms with E-state index in [-0.39, 0.29) is 10.6 Å². The molecule has 1 aliphatic rings. The molecule has 128 valence electrons. The van der Waals surface area contributed by atoms with Gasteiger partial charge in [-0.15, -0.1) is 10.2 Å². The third-order valence-electron chi connectivity index (χ3n) is 3.94. The van der Waals surface area contributed by atoms with Gasteiger partial charge in [-0.3, -0.25) is 10.1 Å². The van der Waals surface area contributed by atoms with Crippen molar-refractivity contribution in [3.8, 4) is 11.5 Å². The summed E-state index contributed by atoms with van der Waals surface area (Å²) < 4.78 is 5.54. The van der Waals surface area contributed by atoms with Gasteiger partial charge in [-0.1, -0.05) is 18.7 Å². The van der Waals surface area contributed by atoms with Gasteiger partial charge in [0.05, 0.1) is 4.92 Å². The number of hydrogen-bond acceptors (Lipinski definition) is 8. The molecule has 1 aromatic heterocycles. The number of rotatable bonds is 5. The number of benzene rings is 1. The molecule has 9 heteroatoms. The summed E-state index contributed by atoms with van der Waals surface area (Å²) in [6.45, 7) is 5.31. The first-order chi connectivity index (χ1) is 11.6. The molecule has 24 heavy (non-hydrogen) atoms. The molecule has 0 unspecified atom stereocenters. The molecule has 1 aliphatic heterocycles. The molecule has 3 rings (SSSR count). The summed E-state index contributed by atoms with van der Waals surface area (Å²) in [5.41, 5.74) is 1.27. The van der Waals surface area contributed by atoms with Crippen molar-refractivity contribution >= 4 is 23.1 Å². The van der Waals surface area contributed by atoms with E-state index in [4.69, 9.17) is 4.42 Å². The second kappa shape index (κ2) is 7.18. The molecule has 2 aromatic rings. The average molecular weight is 349 g/mol. The number of nitrogens with zero attached hydrogens (tertiary/aromatic N) is 5. The summed E-state index contributed by atoms with van der Waals surface area (Å²) in [7, 11) is 2.05. The molecule has 0 spiro atoms. The van der Waals surface area contributed by atoms with Crippen LogP contribution in [-0.4, -0.2) is 59.0 Å². The Kier molecular flexibility index (Phi) is 5.00. The Labute approximate surface area is 144 Å². The summed E-state index contributed by atoms with van der Waals surface area (Å²) >= 11 is 1.44. The second-order valence-electron chi connectivity index (χ2n) is 5.56. The number of aromatic nitrogens is 2. The Balaban J connectivity index is 1.90. The van der Waals surface area contributed by atoms with Crippen molar-refractivity contribution in [2.24, 2.45) is 0 Å². The van der Waals surface area contributed by atoms with Gasteiger partial charge >= 0.3 is 0 Å². The molecular weight excluding hydrogens is 330 g/mol. The van der Waals surface area contributed by atoms with Gasteiger partial charge in [-0.25, -0.2) is 0 Å². The number of likely N-dealkylation sites (N-methyl/N-ethyl adjacent to an activating group) is 1. The fourth-order valence-corrected chi connectivity index (χ4v) is 3.11. The van der Waals surface area contributed by atoms with E-state index >= 15 is 0 Å². The summed E-state index contributed by atoms with van der Waals surface area (Å²) in [6.07, 6.45) is 0. The number of thioether (sulfide) groups is 1. The normalized spacial score (nSPS) is 15.7. The third-order valence-corrected chi connectivity index (χ3v) is 4.64. The van der Waals surface area contributed by atoms with Crippen molar-refractivity contribution in [2.45, 2.75) is 12.1 Å². The van der Waals surface area contributed by atoms with E-state index in [9.17, 15) is 10.1 Å². The predicted octanol–water partition coefficient (Wildman–Crippen LogP) is 2.51. The van der Waals surface area contributed by atoms with Gasteiger partial charge in [0.15, 0.2) is 0 Å². The maximum atomic E-state index is 11.5. The fraction of sp³-hybridized carbons (Fsp3) is 0.467. The van der Waals surface area contributed by atoms with Crippen LogP contribution in [-0.2, 0) is 0 Å². The maximum absolute atomic E-state index is 11.5. The summed E-state index contributed by atoms with van der Waals surface area (Å²) in [5.74, 6) is 1.13. The number of piperazine rings is 1. The van der Waals surface area contributed by atoms with Crippen LogP contribution < -0.4 is 4.90 Å². The highest BCUT2D eigenvalue weighted by Gasteiger charge is 2.24. The van der Waals surface area contributed by atoms with Crippen molar-refractivity contribution in [3.05, 3.63) is 28.3 Å². The quantitative estimate of drug-likeness (QED) is 0.462. The first-order valence-corrected chi connectivity index (χ1v) is 8.75. The van der Waals surface area contributed by atoms with Crippen LogP contribution in [0.15, 0.2) is 27.8 Å². The monoisotopic (exact) mass is 349 g/mol. The first-order valence-electron chi connectivity index (χ1n) is 7.77. The van der Waals surface area contributed by atoms with Gasteiger partial charge in [0, 0.05) is 37.8 Å². The number of hydrogen-bond donors (Lipinski definition) is 0. The highest BCUT2D eigenvalue weighted by Crippen LogP contribution is 2.33. The van der Waals surface area contributed by atoms with Crippen molar-refractivity contribution in [3.63, 3.8) is 0 Å². The van der Waals surface area contributed by atoms with E-state index in [0.29, 0.717) is 22.4 Å². The first kappa shape index (κ1) is 16.7. The van der Waals surface area contributed by atoms with Gasteiger partial charge in [0.25, 0.3) is 10.9 Å². The van der Waals surface area contributed by atoms with Crippen LogP contribution in [0.2, 0.25) is 0 Å². The molecule has 1 fully saturated rings. The SMILES string of the molecule is CCSc1nnc(-c2ccc(N3CCN(C)CC3)c([N+](=O)[O-])c2)o1. The topological polar surface area (TPSA) is 88.5 Å². The minimum atomic E-state index is -0.352. The molecule has 0 aliphatic carbocycles. The smallest absolute Gasteiger partial charge is 0.293 e. The molecule has 0 saturated carbocycles. The summed E-state index contributed by atoms with van der Waals surface area (Å²) in [4.78, 5) is 15.4. The number of nitro benzene ring substituents is 1. The Morgan fingerprint density at radius 2 is 2.04 bits per heavy atom. The lowest BCUT2D eigenvalue weighted by Gasteiger charge is -2.33. The van der Waals surface area contributed by atoms with Crippen molar-refractivity contribution in [1.29, 1.82) is 0 Å². The molecular formula is C15H19N5O3S. The van der Waals surface area contributed by atoms with Gasteiger partial charge in [-0.2, -0.15) is 0 Å². The molecule has 0 amide bonds. The van der Waals surface area contributed by atoms with E-state index in [2.05, 4.69) is 22.1 Å². The van der Waals surface area contributed by atoms with Crippen LogP contribution >= 0.6 is 11.8 Å². The molecule has 2 heterocycles. The van der Waals surface area contributed by atoms with E-state index in [1.165, 1.54) is 17.8 Å². The molecule has 0 atom stereocenters. The lowest BCUT2D eigenvalue weighted by molar-refractivity contribution is -0.384. The highest BCUT2D eigenvalue weighted by molar-refractivity contribution is 7.99. The van der Waals surface area contributed by atoms with Crippen LogP contribution in [0.25, 0.3) is 11.5 Å². The van der Waals surface area contributed by atoms with Crippen LogP contribution in [0.3, 0.4) is 0 Å². The van der Waals surface area contributed by atoms with Crippen molar-refractivity contribution in [2.75, 3.05) is 43.9 Å². The molecule has 8 nitrogen and oxygen atoms in total. The highest BCUT2D eigenvalue weighted by atomic mass is 32.2. The Bertz CT molecular complexity index is 728. The van der Waals surface area contributed by atoms with E-state index in [1.807, 2.05) is 11.8 Å². The van der Waals surface area contributed by atoms with Gasteiger partial charge in [0.1, 0.15) is 5.69 Å². The molecule has 1 saturated heterocycles. The summed E-state index contributed by atoms with van der Waals surface area (Å²) in [6, 6.07) is 5.09. The molecule has 0 radical (unpaired) electrons. The second-order valence-corrected chi connectivity index (χ2v) is 6.77. The Morgan fingerprint density at radius 1 is 1.29 bits per heavy atom. The number of anilines is 1. The molecule has 1 aromatic carbocycles. The standard InChI is InChI=1S/C15H19N5O3S/c1-3-24-15-17-16-14(23-15)11-4-5-12(13(10-11)20(21)22)19-8-6-18(2)7-9-19/h4-5,10H,3,6-9H2,1-2H3. The van der Waals surface area contributed by atoms with Gasteiger partial charge in [0.2, 0.25) is 5.89 Å². The van der Waals surface area contributed by atoms with E-state index in [1.54, 1.807) is 12.1 Å². The predicted molar refractivity (Wildman–Crippen MR) is 92.5 cm³/mol. The third kappa shape index (κ3) is 3.51.